The second-order valence-corrected chi connectivity index (χ2v) is 7.81. The van der Waals surface area contributed by atoms with E-state index in [4.69, 9.17) is 32.9 Å². The molecule has 8 heteroatoms. The second-order valence-electron chi connectivity index (χ2n) is 7.03. The third kappa shape index (κ3) is 4.29. The number of benzene rings is 1. The van der Waals surface area contributed by atoms with Crippen LogP contribution < -0.4 is 10.5 Å². The number of anilines is 1. The van der Waals surface area contributed by atoms with Gasteiger partial charge in [-0.1, -0.05) is 35.3 Å². The van der Waals surface area contributed by atoms with Gasteiger partial charge in [-0.2, -0.15) is 0 Å². The summed E-state index contributed by atoms with van der Waals surface area (Å²) in [4.78, 5) is 24.2. The van der Waals surface area contributed by atoms with E-state index in [1.165, 1.54) is 0 Å². The van der Waals surface area contributed by atoms with Crippen molar-refractivity contribution in [2.45, 2.75) is 18.9 Å². The van der Waals surface area contributed by atoms with Crippen LogP contribution >= 0.6 is 23.2 Å². The standard InChI is InChI=1S/C19H22Cl2N4O2/c20-15-3-1-2-14(18(15)21)12-24-5-4-13(11-24)16-10-17(26)23-19(22-16)25-6-8-27-9-7-25/h1-3,10,13H,4-9,11-12H2,(H,22,23,26)/t13-/m0/s1. The summed E-state index contributed by atoms with van der Waals surface area (Å²) in [6.07, 6.45) is 0.969. The van der Waals surface area contributed by atoms with Gasteiger partial charge in [-0.25, -0.2) is 4.98 Å². The van der Waals surface area contributed by atoms with Crippen molar-refractivity contribution >= 4 is 29.2 Å². The molecule has 0 amide bonds. The Hall–Kier alpha value is -1.60. The van der Waals surface area contributed by atoms with Gasteiger partial charge in [0, 0.05) is 38.2 Å². The number of aromatic nitrogens is 2. The van der Waals surface area contributed by atoms with Crippen molar-refractivity contribution in [3.63, 3.8) is 0 Å². The van der Waals surface area contributed by atoms with E-state index < -0.39 is 0 Å². The van der Waals surface area contributed by atoms with Crippen molar-refractivity contribution in [1.29, 1.82) is 0 Å². The Labute approximate surface area is 168 Å². The molecule has 2 aliphatic rings. The van der Waals surface area contributed by atoms with Crippen LogP contribution in [0.15, 0.2) is 29.1 Å². The largest absolute Gasteiger partial charge is 0.378 e. The number of rotatable bonds is 4. The molecule has 2 aliphatic heterocycles. The Morgan fingerprint density at radius 1 is 1.22 bits per heavy atom. The molecule has 0 saturated carbocycles. The molecule has 0 bridgehead atoms. The summed E-state index contributed by atoms with van der Waals surface area (Å²) < 4.78 is 5.38. The Bertz CT molecular complexity index is 867. The lowest BCUT2D eigenvalue weighted by molar-refractivity contribution is 0.122. The van der Waals surface area contributed by atoms with Gasteiger partial charge in [-0.3, -0.25) is 14.7 Å². The predicted molar refractivity (Wildman–Crippen MR) is 107 cm³/mol. The first-order valence-corrected chi connectivity index (χ1v) is 9.95. The first kappa shape index (κ1) is 18.7. The number of aromatic amines is 1. The third-order valence-electron chi connectivity index (χ3n) is 5.18. The SMILES string of the molecule is O=c1cc([C@H]2CCN(Cc3cccc(Cl)c3Cl)C2)nc(N2CCOCC2)[nH]1. The van der Waals surface area contributed by atoms with E-state index in [9.17, 15) is 4.79 Å². The summed E-state index contributed by atoms with van der Waals surface area (Å²) in [5.41, 5.74) is 1.79. The van der Waals surface area contributed by atoms with Gasteiger partial charge in [0.2, 0.25) is 5.95 Å². The predicted octanol–water partition coefficient (Wildman–Crippen LogP) is 2.90. The first-order valence-electron chi connectivity index (χ1n) is 9.19. The molecular formula is C19H22Cl2N4O2. The van der Waals surface area contributed by atoms with Crippen LogP contribution in [0.3, 0.4) is 0 Å². The molecule has 0 unspecified atom stereocenters. The molecule has 1 N–H and O–H groups in total. The highest BCUT2D eigenvalue weighted by molar-refractivity contribution is 6.42. The molecule has 1 aromatic heterocycles. The third-order valence-corrected chi connectivity index (χ3v) is 6.03. The maximum Gasteiger partial charge on any atom is 0.252 e. The van der Waals surface area contributed by atoms with Gasteiger partial charge < -0.3 is 9.64 Å². The molecule has 3 heterocycles. The maximum absolute atomic E-state index is 12.2. The second kappa shape index (κ2) is 8.19. The maximum atomic E-state index is 12.2. The Morgan fingerprint density at radius 2 is 2.04 bits per heavy atom. The minimum atomic E-state index is -0.0992. The summed E-state index contributed by atoms with van der Waals surface area (Å²) in [6, 6.07) is 7.35. The average Bonchev–Trinajstić information content (AvgIpc) is 3.14. The first-order chi connectivity index (χ1) is 13.1. The number of morpholine rings is 1. The summed E-state index contributed by atoms with van der Waals surface area (Å²) in [7, 11) is 0. The van der Waals surface area contributed by atoms with Crippen molar-refractivity contribution in [3.8, 4) is 0 Å². The minimum Gasteiger partial charge on any atom is -0.378 e. The van der Waals surface area contributed by atoms with Crippen LogP contribution in [-0.2, 0) is 11.3 Å². The van der Waals surface area contributed by atoms with Gasteiger partial charge in [0.1, 0.15) is 0 Å². The number of likely N-dealkylation sites (tertiary alicyclic amines) is 1. The van der Waals surface area contributed by atoms with Crippen molar-refractivity contribution in [2.75, 3.05) is 44.3 Å². The highest BCUT2D eigenvalue weighted by Gasteiger charge is 2.27. The molecule has 2 saturated heterocycles. The molecule has 1 atom stereocenters. The lowest BCUT2D eigenvalue weighted by Crippen LogP contribution is -2.38. The van der Waals surface area contributed by atoms with Gasteiger partial charge in [-0.05, 0) is 24.6 Å². The molecular weight excluding hydrogens is 387 g/mol. The molecule has 1 aromatic carbocycles. The fourth-order valence-corrected chi connectivity index (χ4v) is 4.11. The zero-order chi connectivity index (χ0) is 18.8. The molecule has 27 heavy (non-hydrogen) atoms. The van der Waals surface area contributed by atoms with Gasteiger partial charge in [0.05, 0.1) is 29.0 Å². The van der Waals surface area contributed by atoms with Gasteiger partial charge in [0.15, 0.2) is 0 Å². The molecule has 0 spiro atoms. The number of H-pyrrole nitrogens is 1. The lowest BCUT2D eigenvalue weighted by atomic mass is 10.0. The van der Waals surface area contributed by atoms with E-state index in [2.05, 4.69) is 14.8 Å². The van der Waals surface area contributed by atoms with E-state index in [0.29, 0.717) is 29.2 Å². The van der Waals surface area contributed by atoms with Crippen molar-refractivity contribution in [2.24, 2.45) is 0 Å². The fraction of sp³-hybridized carbons (Fsp3) is 0.474. The van der Waals surface area contributed by atoms with E-state index in [-0.39, 0.29) is 11.5 Å². The molecule has 6 nitrogen and oxygen atoms in total. The van der Waals surface area contributed by atoms with Crippen LogP contribution in [0.5, 0.6) is 0 Å². The smallest absolute Gasteiger partial charge is 0.252 e. The number of halogens is 2. The molecule has 4 rings (SSSR count). The Kier molecular flexibility index (Phi) is 5.68. The van der Waals surface area contributed by atoms with Crippen molar-refractivity contribution in [1.82, 2.24) is 14.9 Å². The lowest BCUT2D eigenvalue weighted by Gasteiger charge is -2.27. The normalized spacial score (nSPS) is 21.0. The fourth-order valence-electron chi connectivity index (χ4n) is 3.73. The number of nitrogens with one attached hydrogen (secondary N) is 1. The van der Waals surface area contributed by atoms with Crippen LogP contribution in [0.1, 0.15) is 23.6 Å². The van der Waals surface area contributed by atoms with E-state index in [1.54, 1.807) is 12.1 Å². The number of nitrogens with zero attached hydrogens (tertiary/aromatic N) is 3. The molecule has 2 aromatic rings. The highest BCUT2D eigenvalue weighted by Crippen LogP contribution is 2.31. The average molecular weight is 409 g/mol. The van der Waals surface area contributed by atoms with Gasteiger partial charge in [-0.15, -0.1) is 0 Å². The Morgan fingerprint density at radius 3 is 2.85 bits per heavy atom. The molecule has 0 radical (unpaired) electrons. The number of ether oxygens (including phenoxy) is 1. The molecule has 144 valence electrons. The number of hydrogen-bond acceptors (Lipinski definition) is 5. The van der Waals surface area contributed by atoms with Crippen LogP contribution in [0.25, 0.3) is 0 Å². The van der Waals surface area contributed by atoms with Gasteiger partial charge >= 0.3 is 0 Å². The van der Waals surface area contributed by atoms with Gasteiger partial charge in [0.25, 0.3) is 5.56 Å². The van der Waals surface area contributed by atoms with Crippen LogP contribution in [-0.4, -0.2) is 54.3 Å². The van der Waals surface area contributed by atoms with Crippen LogP contribution in [0, 0.1) is 0 Å². The van der Waals surface area contributed by atoms with E-state index in [0.717, 1.165) is 50.4 Å². The van der Waals surface area contributed by atoms with Crippen LogP contribution in [0.2, 0.25) is 10.0 Å². The molecule has 2 fully saturated rings. The Balaban J connectivity index is 1.47. The van der Waals surface area contributed by atoms with E-state index >= 15 is 0 Å². The topological polar surface area (TPSA) is 61.5 Å². The van der Waals surface area contributed by atoms with Crippen molar-refractivity contribution in [3.05, 3.63) is 55.9 Å². The quantitative estimate of drug-likeness (QED) is 0.842. The summed E-state index contributed by atoms with van der Waals surface area (Å²) in [5, 5.41) is 1.20. The zero-order valence-electron chi connectivity index (χ0n) is 15.0. The van der Waals surface area contributed by atoms with Crippen molar-refractivity contribution < 1.29 is 4.74 Å². The molecule has 0 aliphatic carbocycles. The minimum absolute atomic E-state index is 0.0992. The number of hydrogen-bond donors (Lipinski definition) is 1. The summed E-state index contributed by atoms with van der Waals surface area (Å²) in [6.45, 7) is 5.34. The summed E-state index contributed by atoms with van der Waals surface area (Å²) in [5.74, 6) is 0.891. The monoisotopic (exact) mass is 408 g/mol. The zero-order valence-corrected chi connectivity index (χ0v) is 16.5. The highest BCUT2D eigenvalue weighted by atomic mass is 35.5. The van der Waals surface area contributed by atoms with E-state index in [1.807, 2.05) is 12.1 Å². The summed E-state index contributed by atoms with van der Waals surface area (Å²) >= 11 is 12.4. The van der Waals surface area contributed by atoms with Crippen LogP contribution in [0.4, 0.5) is 5.95 Å².